The fourth-order valence-corrected chi connectivity index (χ4v) is 1.79. The van der Waals surface area contributed by atoms with E-state index in [0.29, 0.717) is 19.6 Å². The maximum absolute atomic E-state index is 11.0. The van der Waals surface area contributed by atoms with Crippen LogP contribution in [0.1, 0.15) is 18.4 Å². The smallest absolute Gasteiger partial charge is 0.305 e. The summed E-state index contributed by atoms with van der Waals surface area (Å²) in [4.78, 5) is 13.1. The molecule has 0 amide bonds. The lowest BCUT2D eigenvalue weighted by atomic mass is 10.2. The molecule has 0 atom stereocenters. The normalized spacial score (nSPS) is 10.6. The Morgan fingerprint density at radius 3 is 2.85 bits per heavy atom. The van der Waals surface area contributed by atoms with Crippen LogP contribution in [-0.4, -0.2) is 44.7 Å². The molecule has 2 N–H and O–H groups in total. The van der Waals surface area contributed by atoms with Gasteiger partial charge in [0.1, 0.15) is 12.4 Å². The molecular formula is C15H24N2O3. The first-order valence-corrected chi connectivity index (χ1v) is 6.83. The van der Waals surface area contributed by atoms with Gasteiger partial charge in [0.2, 0.25) is 0 Å². The fourth-order valence-electron chi connectivity index (χ4n) is 1.79. The number of nitrogens with zero attached hydrogens (tertiary/aromatic N) is 1. The molecule has 0 unspecified atom stereocenters. The summed E-state index contributed by atoms with van der Waals surface area (Å²) in [5.41, 5.74) is 6.65. The molecule has 5 heteroatoms. The van der Waals surface area contributed by atoms with Crippen molar-refractivity contribution >= 4 is 5.97 Å². The van der Waals surface area contributed by atoms with Crippen molar-refractivity contribution in [1.29, 1.82) is 0 Å². The molecular weight excluding hydrogens is 256 g/mol. The number of nitrogens with two attached hydrogens (primary N) is 1. The Bertz CT molecular complexity index is 410. The Morgan fingerprint density at radius 2 is 2.15 bits per heavy atom. The Labute approximate surface area is 120 Å². The number of carbonyl (C=O) groups excluding carboxylic acids is 1. The number of hydrogen-bond donors (Lipinski definition) is 1. The van der Waals surface area contributed by atoms with Crippen molar-refractivity contribution in [3.8, 4) is 5.75 Å². The molecule has 112 valence electrons. The molecule has 0 spiro atoms. The predicted molar refractivity (Wildman–Crippen MR) is 78.6 cm³/mol. The summed E-state index contributed by atoms with van der Waals surface area (Å²) in [5, 5.41) is 0. The molecule has 5 nitrogen and oxygen atoms in total. The van der Waals surface area contributed by atoms with Crippen LogP contribution in [0.15, 0.2) is 24.3 Å². The molecule has 0 aliphatic carbocycles. The number of hydrogen-bond acceptors (Lipinski definition) is 5. The van der Waals surface area contributed by atoms with E-state index in [1.165, 1.54) is 7.11 Å². The van der Waals surface area contributed by atoms with Gasteiger partial charge in [-0.3, -0.25) is 4.79 Å². The van der Waals surface area contributed by atoms with Crippen LogP contribution >= 0.6 is 0 Å². The molecule has 0 aromatic heterocycles. The summed E-state index contributed by atoms with van der Waals surface area (Å²) in [6, 6.07) is 7.80. The van der Waals surface area contributed by atoms with Crippen LogP contribution in [0.5, 0.6) is 5.75 Å². The summed E-state index contributed by atoms with van der Waals surface area (Å²) in [6.07, 6.45) is 1.26. The SMILES string of the molecule is COC(=O)CCCN(C)CCOc1cccc(CN)c1. The van der Waals surface area contributed by atoms with E-state index in [1.54, 1.807) is 0 Å². The Kier molecular flexibility index (Phi) is 7.69. The first-order chi connectivity index (χ1) is 9.65. The fraction of sp³-hybridized carbons (Fsp3) is 0.533. The lowest BCUT2D eigenvalue weighted by molar-refractivity contribution is -0.140. The third-order valence-electron chi connectivity index (χ3n) is 3.02. The van der Waals surface area contributed by atoms with Crippen LogP contribution in [0, 0.1) is 0 Å². The van der Waals surface area contributed by atoms with Gasteiger partial charge in [-0.25, -0.2) is 0 Å². The Morgan fingerprint density at radius 1 is 1.35 bits per heavy atom. The highest BCUT2D eigenvalue weighted by molar-refractivity contribution is 5.69. The summed E-state index contributed by atoms with van der Waals surface area (Å²) in [5.74, 6) is 0.684. The van der Waals surface area contributed by atoms with Crippen LogP contribution in [-0.2, 0) is 16.1 Å². The minimum absolute atomic E-state index is 0.159. The first-order valence-electron chi connectivity index (χ1n) is 6.83. The van der Waals surface area contributed by atoms with Crippen LogP contribution in [0.25, 0.3) is 0 Å². The quantitative estimate of drug-likeness (QED) is 0.693. The van der Waals surface area contributed by atoms with Crippen LogP contribution in [0.3, 0.4) is 0 Å². The molecule has 0 saturated heterocycles. The van der Waals surface area contributed by atoms with Crippen molar-refractivity contribution < 1.29 is 14.3 Å². The zero-order chi connectivity index (χ0) is 14.8. The molecule has 0 radical (unpaired) electrons. The number of rotatable bonds is 9. The summed E-state index contributed by atoms with van der Waals surface area (Å²) in [7, 11) is 3.42. The number of benzene rings is 1. The zero-order valence-corrected chi connectivity index (χ0v) is 12.3. The van der Waals surface area contributed by atoms with Gasteiger partial charge in [0, 0.05) is 19.5 Å². The van der Waals surface area contributed by atoms with Crippen molar-refractivity contribution in [1.82, 2.24) is 4.90 Å². The summed E-state index contributed by atoms with van der Waals surface area (Å²) < 4.78 is 10.3. The minimum atomic E-state index is -0.159. The highest BCUT2D eigenvalue weighted by Crippen LogP contribution is 2.12. The molecule has 0 heterocycles. The second kappa shape index (κ2) is 9.34. The van der Waals surface area contributed by atoms with Gasteiger partial charge in [0.05, 0.1) is 7.11 Å². The van der Waals surface area contributed by atoms with E-state index in [1.807, 2.05) is 31.3 Å². The van der Waals surface area contributed by atoms with Gasteiger partial charge < -0.3 is 20.1 Å². The number of likely N-dealkylation sites (N-methyl/N-ethyl adjacent to an activating group) is 1. The molecule has 0 aliphatic rings. The third-order valence-corrected chi connectivity index (χ3v) is 3.02. The second-order valence-corrected chi connectivity index (χ2v) is 4.68. The lowest BCUT2D eigenvalue weighted by Gasteiger charge is -2.16. The van der Waals surface area contributed by atoms with E-state index in [4.69, 9.17) is 10.5 Å². The second-order valence-electron chi connectivity index (χ2n) is 4.68. The van der Waals surface area contributed by atoms with Gasteiger partial charge >= 0.3 is 5.97 Å². The van der Waals surface area contributed by atoms with E-state index in [-0.39, 0.29) is 5.97 Å². The van der Waals surface area contributed by atoms with Gasteiger partial charge in [-0.1, -0.05) is 12.1 Å². The van der Waals surface area contributed by atoms with Gasteiger partial charge in [-0.05, 0) is 37.7 Å². The van der Waals surface area contributed by atoms with E-state index >= 15 is 0 Å². The molecule has 0 fully saturated rings. The van der Waals surface area contributed by atoms with E-state index < -0.39 is 0 Å². The van der Waals surface area contributed by atoms with Crippen LogP contribution in [0.4, 0.5) is 0 Å². The molecule has 0 bridgehead atoms. The highest BCUT2D eigenvalue weighted by Gasteiger charge is 2.03. The van der Waals surface area contributed by atoms with Gasteiger partial charge in [-0.15, -0.1) is 0 Å². The summed E-state index contributed by atoms with van der Waals surface area (Å²) in [6.45, 7) is 2.79. The number of carbonyl (C=O) groups is 1. The molecule has 1 aromatic rings. The monoisotopic (exact) mass is 280 g/mol. The third kappa shape index (κ3) is 6.54. The average Bonchev–Trinajstić information content (AvgIpc) is 2.47. The molecule has 0 saturated carbocycles. The molecule has 1 aromatic carbocycles. The lowest BCUT2D eigenvalue weighted by Crippen LogP contribution is -2.25. The van der Waals surface area contributed by atoms with Gasteiger partial charge in [-0.2, -0.15) is 0 Å². The Hall–Kier alpha value is -1.59. The van der Waals surface area contributed by atoms with Crippen molar-refractivity contribution in [2.45, 2.75) is 19.4 Å². The first kappa shape index (κ1) is 16.5. The standard InChI is InChI=1S/C15H24N2O3/c1-17(8-4-7-15(18)19-2)9-10-20-14-6-3-5-13(11-14)12-16/h3,5-6,11H,4,7-10,12,16H2,1-2H3. The maximum atomic E-state index is 11.0. The van der Waals surface area contributed by atoms with Gasteiger partial charge in [0.25, 0.3) is 0 Å². The molecule has 20 heavy (non-hydrogen) atoms. The maximum Gasteiger partial charge on any atom is 0.305 e. The molecule has 0 aliphatic heterocycles. The van der Waals surface area contributed by atoms with E-state index in [9.17, 15) is 4.79 Å². The van der Waals surface area contributed by atoms with Crippen LogP contribution < -0.4 is 10.5 Å². The van der Waals surface area contributed by atoms with Crippen molar-refractivity contribution in [2.75, 3.05) is 33.9 Å². The predicted octanol–water partition coefficient (Wildman–Crippen LogP) is 1.41. The highest BCUT2D eigenvalue weighted by atomic mass is 16.5. The molecule has 1 rings (SSSR count). The van der Waals surface area contributed by atoms with Crippen LogP contribution in [0.2, 0.25) is 0 Å². The average molecular weight is 280 g/mol. The van der Waals surface area contributed by atoms with E-state index in [2.05, 4.69) is 9.64 Å². The van der Waals surface area contributed by atoms with Crippen molar-refractivity contribution in [2.24, 2.45) is 5.73 Å². The number of ether oxygens (including phenoxy) is 2. The topological polar surface area (TPSA) is 64.8 Å². The van der Waals surface area contributed by atoms with E-state index in [0.717, 1.165) is 30.8 Å². The zero-order valence-electron chi connectivity index (χ0n) is 12.3. The number of methoxy groups -OCH3 is 1. The number of esters is 1. The van der Waals surface area contributed by atoms with Crippen molar-refractivity contribution in [3.05, 3.63) is 29.8 Å². The largest absolute Gasteiger partial charge is 0.492 e. The summed E-state index contributed by atoms with van der Waals surface area (Å²) >= 11 is 0. The minimum Gasteiger partial charge on any atom is -0.492 e. The van der Waals surface area contributed by atoms with Crippen molar-refractivity contribution in [3.63, 3.8) is 0 Å². The Balaban J connectivity index is 2.17. The van der Waals surface area contributed by atoms with Gasteiger partial charge in [0.15, 0.2) is 0 Å².